The van der Waals surface area contributed by atoms with E-state index in [0.29, 0.717) is 38.2 Å². The van der Waals surface area contributed by atoms with Gasteiger partial charge in [0.15, 0.2) is 5.11 Å². The van der Waals surface area contributed by atoms with E-state index in [1.54, 1.807) is 31.4 Å². The molecule has 12 heteroatoms. The monoisotopic (exact) mass is 549 g/mol. The minimum absolute atomic E-state index is 0.0740. The van der Waals surface area contributed by atoms with Crippen LogP contribution in [-0.4, -0.2) is 40.2 Å². The fourth-order valence-electron chi connectivity index (χ4n) is 3.36. The van der Waals surface area contributed by atoms with Crippen molar-refractivity contribution in [1.82, 2.24) is 20.3 Å². The molecule has 180 valence electrons. The fourth-order valence-corrected chi connectivity index (χ4v) is 4.38. The molecule has 4 rings (SSSR count). The Morgan fingerprint density at radius 3 is 2.34 bits per heavy atom. The van der Waals surface area contributed by atoms with Crippen LogP contribution >= 0.6 is 47.0 Å². The van der Waals surface area contributed by atoms with Crippen LogP contribution in [0.15, 0.2) is 42.5 Å². The van der Waals surface area contributed by atoms with Crippen LogP contribution in [-0.2, 0) is 0 Å². The number of ether oxygens (including phenoxy) is 2. The van der Waals surface area contributed by atoms with Crippen molar-refractivity contribution >= 4 is 74.8 Å². The number of benzene rings is 3. The lowest BCUT2D eigenvalue weighted by Gasteiger charge is -2.14. The van der Waals surface area contributed by atoms with E-state index in [0.717, 1.165) is 5.56 Å². The zero-order valence-electron chi connectivity index (χ0n) is 18.6. The molecule has 0 spiro atoms. The summed E-state index contributed by atoms with van der Waals surface area (Å²) in [6.07, 6.45) is 0. The van der Waals surface area contributed by atoms with Gasteiger partial charge in [-0.1, -0.05) is 34.8 Å². The molecule has 0 saturated heterocycles. The van der Waals surface area contributed by atoms with Gasteiger partial charge >= 0.3 is 0 Å². The first-order valence-electron chi connectivity index (χ1n) is 10.1. The van der Waals surface area contributed by atoms with Crippen molar-refractivity contribution in [3.05, 3.63) is 68.7 Å². The van der Waals surface area contributed by atoms with Crippen molar-refractivity contribution in [3.63, 3.8) is 0 Å². The standard InChI is InChI=1S/C23H18Cl3N5O3S/c1-11-6-18-19(30-31(29-18)13-4-5-20(33-2)15(25)9-13)10-17(11)27-23(35)28-22(32)14-7-12(24)8-16(26)21(14)34-3/h4-10H,1-3H3,(H2,27,28,32,35). The van der Waals surface area contributed by atoms with Crippen LogP contribution in [0.25, 0.3) is 16.7 Å². The number of aryl methyl sites for hydroxylation is 1. The van der Waals surface area contributed by atoms with Crippen molar-refractivity contribution in [1.29, 1.82) is 0 Å². The number of methoxy groups -OCH3 is 2. The van der Waals surface area contributed by atoms with Gasteiger partial charge in [-0.3, -0.25) is 10.1 Å². The predicted molar refractivity (Wildman–Crippen MR) is 142 cm³/mol. The number of hydrogen-bond acceptors (Lipinski definition) is 6. The summed E-state index contributed by atoms with van der Waals surface area (Å²) >= 11 is 23.7. The first-order valence-corrected chi connectivity index (χ1v) is 11.6. The molecule has 1 heterocycles. The Morgan fingerprint density at radius 1 is 0.971 bits per heavy atom. The number of anilines is 1. The van der Waals surface area contributed by atoms with Gasteiger partial charge in [-0.15, -0.1) is 10.2 Å². The minimum Gasteiger partial charge on any atom is -0.495 e. The van der Waals surface area contributed by atoms with Crippen molar-refractivity contribution < 1.29 is 14.3 Å². The van der Waals surface area contributed by atoms with Crippen LogP contribution in [0.2, 0.25) is 15.1 Å². The number of nitrogens with one attached hydrogen (secondary N) is 2. The van der Waals surface area contributed by atoms with Crippen molar-refractivity contribution in [2.75, 3.05) is 19.5 Å². The third-order valence-corrected chi connectivity index (χ3v) is 6.02. The average Bonchev–Trinajstić information content (AvgIpc) is 3.21. The summed E-state index contributed by atoms with van der Waals surface area (Å²) in [6.45, 7) is 1.88. The lowest BCUT2D eigenvalue weighted by molar-refractivity contribution is 0.0974. The van der Waals surface area contributed by atoms with E-state index in [1.165, 1.54) is 24.0 Å². The number of thiocarbonyl (C=S) groups is 1. The number of carbonyl (C=O) groups is 1. The molecule has 35 heavy (non-hydrogen) atoms. The van der Waals surface area contributed by atoms with Gasteiger partial charge in [0.1, 0.15) is 22.5 Å². The Kier molecular flexibility index (Phi) is 7.32. The lowest BCUT2D eigenvalue weighted by Crippen LogP contribution is -2.34. The van der Waals surface area contributed by atoms with E-state index in [4.69, 9.17) is 56.5 Å². The van der Waals surface area contributed by atoms with Crippen LogP contribution in [0.5, 0.6) is 11.5 Å². The fraction of sp³-hybridized carbons (Fsp3) is 0.130. The van der Waals surface area contributed by atoms with Gasteiger partial charge in [-0.25, -0.2) is 0 Å². The largest absolute Gasteiger partial charge is 0.495 e. The number of amides is 1. The maximum Gasteiger partial charge on any atom is 0.261 e. The van der Waals surface area contributed by atoms with E-state index in [2.05, 4.69) is 20.8 Å². The molecule has 4 aromatic rings. The van der Waals surface area contributed by atoms with Gasteiger partial charge in [0.2, 0.25) is 0 Å². The van der Waals surface area contributed by atoms with Gasteiger partial charge in [0, 0.05) is 10.7 Å². The molecule has 3 aromatic carbocycles. The smallest absolute Gasteiger partial charge is 0.261 e. The summed E-state index contributed by atoms with van der Waals surface area (Å²) in [6, 6.07) is 11.8. The second-order valence-corrected chi connectivity index (χ2v) is 9.00. The highest BCUT2D eigenvalue weighted by Crippen LogP contribution is 2.32. The first-order chi connectivity index (χ1) is 16.7. The number of nitrogens with zero attached hydrogens (tertiary/aromatic N) is 3. The molecule has 0 radical (unpaired) electrons. The third kappa shape index (κ3) is 5.28. The summed E-state index contributed by atoms with van der Waals surface area (Å²) in [5.74, 6) is 0.233. The Labute approximate surface area is 221 Å². The maximum atomic E-state index is 12.8. The number of hydrogen-bond donors (Lipinski definition) is 2. The molecule has 0 aliphatic rings. The quantitative estimate of drug-likeness (QED) is 0.302. The zero-order chi connectivity index (χ0) is 25.3. The Morgan fingerprint density at radius 2 is 1.69 bits per heavy atom. The Bertz CT molecular complexity index is 1470. The maximum absolute atomic E-state index is 12.8. The normalized spacial score (nSPS) is 10.8. The molecule has 0 aliphatic heterocycles. The lowest BCUT2D eigenvalue weighted by atomic mass is 10.1. The van der Waals surface area contributed by atoms with Gasteiger partial charge in [-0.2, -0.15) is 4.80 Å². The van der Waals surface area contributed by atoms with Crippen molar-refractivity contribution in [2.45, 2.75) is 6.92 Å². The van der Waals surface area contributed by atoms with E-state index >= 15 is 0 Å². The molecule has 8 nitrogen and oxygen atoms in total. The van der Waals surface area contributed by atoms with Crippen LogP contribution in [0.1, 0.15) is 15.9 Å². The summed E-state index contributed by atoms with van der Waals surface area (Å²) < 4.78 is 10.4. The van der Waals surface area contributed by atoms with Crippen LogP contribution in [0.3, 0.4) is 0 Å². The van der Waals surface area contributed by atoms with Gasteiger partial charge in [0.05, 0.1) is 35.5 Å². The summed E-state index contributed by atoms with van der Waals surface area (Å²) in [5, 5.41) is 15.7. The molecule has 2 N–H and O–H groups in total. The van der Waals surface area contributed by atoms with Crippen molar-refractivity contribution in [3.8, 4) is 17.2 Å². The van der Waals surface area contributed by atoms with Gasteiger partial charge < -0.3 is 14.8 Å². The summed E-state index contributed by atoms with van der Waals surface area (Å²) in [7, 11) is 2.96. The molecule has 0 unspecified atom stereocenters. The number of fused-ring (bicyclic) bond motifs is 1. The molecule has 1 aromatic heterocycles. The van der Waals surface area contributed by atoms with E-state index < -0.39 is 5.91 Å². The highest BCUT2D eigenvalue weighted by molar-refractivity contribution is 7.80. The zero-order valence-corrected chi connectivity index (χ0v) is 21.7. The highest BCUT2D eigenvalue weighted by atomic mass is 35.5. The molecule has 0 saturated carbocycles. The molecule has 1 amide bonds. The predicted octanol–water partition coefficient (Wildman–Crippen LogP) is 5.83. The van der Waals surface area contributed by atoms with E-state index in [-0.39, 0.29) is 21.4 Å². The number of aromatic nitrogens is 3. The van der Waals surface area contributed by atoms with E-state index in [9.17, 15) is 4.79 Å². The molecular formula is C23H18Cl3N5O3S. The molecule has 0 aliphatic carbocycles. The van der Waals surface area contributed by atoms with E-state index in [1.807, 2.05) is 13.0 Å². The molecule has 0 atom stereocenters. The first kappa shape index (κ1) is 25.0. The van der Waals surface area contributed by atoms with Crippen LogP contribution < -0.4 is 20.1 Å². The average molecular weight is 551 g/mol. The highest BCUT2D eigenvalue weighted by Gasteiger charge is 2.18. The second kappa shape index (κ2) is 10.2. The van der Waals surface area contributed by atoms with Crippen LogP contribution in [0, 0.1) is 6.92 Å². The number of carbonyl (C=O) groups excluding carboxylic acids is 1. The van der Waals surface area contributed by atoms with Crippen molar-refractivity contribution in [2.24, 2.45) is 0 Å². The topological polar surface area (TPSA) is 90.3 Å². The Balaban J connectivity index is 1.56. The Hall–Kier alpha value is -3.11. The molecule has 0 fully saturated rings. The SMILES string of the molecule is COc1ccc(-n2nc3cc(C)c(NC(=S)NC(=O)c4cc(Cl)cc(Cl)c4OC)cc3n2)cc1Cl. The third-order valence-electron chi connectivity index (χ3n) is 5.03. The summed E-state index contributed by atoms with van der Waals surface area (Å²) in [5.41, 5.74) is 3.62. The minimum atomic E-state index is -0.523. The second-order valence-electron chi connectivity index (χ2n) is 7.34. The van der Waals surface area contributed by atoms with Crippen LogP contribution in [0.4, 0.5) is 5.69 Å². The molecular weight excluding hydrogens is 533 g/mol. The van der Waals surface area contributed by atoms with Gasteiger partial charge in [-0.05, 0) is 67.2 Å². The number of halogens is 3. The molecule has 0 bridgehead atoms. The number of rotatable bonds is 5. The van der Waals surface area contributed by atoms with Gasteiger partial charge in [0.25, 0.3) is 5.91 Å². The summed E-state index contributed by atoms with van der Waals surface area (Å²) in [4.78, 5) is 14.3.